The van der Waals surface area contributed by atoms with Crippen molar-refractivity contribution in [3.63, 3.8) is 0 Å². The van der Waals surface area contributed by atoms with Crippen LogP contribution in [0.2, 0.25) is 0 Å². The molecule has 3 rings (SSSR count). The van der Waals surface area contributed by atoms with E-state index in [1.165, 1.54) is 88.2 Å². The molecule has 1 heterocycles. The van der Waals surface area contributed by atoms with Gasteiger partial charge in [0.1, 0.15) is 24.2 Å². The molecule has 1 fully saturated rings. The molecule has 0 aromatic heterocycles. The third kappa shape index (κ3) is 10.6. The molecule has 2 atom stereocenters. The highest BCUT2D eigenvalue weighted by Crippen LogP contribution is 2.30. The van der Waals surface area contributed by atoms with Gasteiger partial charge in [0.15, 0.2) is 0 Å². The molecule has 0 radical (unpaired) electrons. The summed E-state index contributed by atoms with van der Waals surface area (Å²) in [6.45, 7) is 3.79. The van der Waals surface area contributed by atoms with Crippen molar-refractivity contribution in [2.75, 3.05) is 13.2 Å². The van der Waals surface area contributed by atoms with Gasteiger partial charge in [-0.15, -0.1) is 0 Å². The summed E-state index contributed by atoms with van der Waals surface area (Å²) in [4.78, 5) is 0. The van der Waals surface area contributed by atoms with Crippen molar-refractivity contribution in [1.82, 2.24) is 0 Å². The lowest BCUT2D eigenvalue weighted by molar-refractivity contribution is 0.263. The zero-order valence-corrected chi connectivity index (χ0v) is 20.6. The van der Waals surface area contributed by atoms with Gasteiger partial charge in [-0.3, -0.25) is 0 Å². The fraction of sp³-hybridized carbons (Fsp3) is 0.600. The van der Waals surface area contributed by atoms with Crippen molar-refractivity contribution in [3.8, 4) is 11.5 Å². The molecule has 1 aliphatic rings. The molecule has 2 aromatic carbocycles. The maximum Gasteiger partial charge on any atom is 0.119 e. The van der Waals surface area contributed by atoms with Crippen LogP contribution in [0.1, 0.15) is 101 Å². The van der Waals surface area contributed by atoms with E-state index in [-0.39, 0.29) is 0 Å². The lowest BCUT2D eigenvalue weighted by atomic mass is 9.88. The number of hydrogen-bond acceptors (Lipinski definition) is 3. The molecule has 0 bridgehead atoms. The highest BCUT2D eigenvalue weighted by atomic mass is 16.6. The summed E-state index contributed by atoms with van der Waals surface area (Å²) in [5, 5.41) is 9.64. The molecular weight excluding hydrogens is 408 g/mol. The summed E-state index contributed by atoms with van der Waals surface area (Å²) >= 11 is 0. The summed E-state index contributed by atoms with van der Waals surface area (Å²) in [5.74, 6) is 1.98. The van der Waals surface area contributed by atoms with E-state index in [2.05, 4.69) is 37.3 Å². The van der Waals surface area contributed by atoms with Crippen LogP contribution in [0.15, 0.2) is 48.5 Å². The number of phenols is 1. The van der Waals surface area contributed by atoms with Crippen LogP contribution in [0, 0.1) is 0 Å². The second kappa shape index (κ2) is 15.0. The van der Waals surface area contributed by atoms with Gasteiger partial charge in [0.2, 0.25) is 0 Å². The Labute approximate surface area is 201 Å². The lowest BCUT2D eigenvalue weighted by Gasteiger charge is -2.18. The van der Waals surface area contributed by atoms with Gasteiger partial charge in [-0.2, -0.15) is 0 Å². The molecule has 3 heteroatoms. The largest absolute Gasteiger partial charge is 0.508 e. The molecule has 0 saturated carbocycles. The Morgan fingerprint density at radius 3 is 2.24 bits per heavy atom. The first-order valence-corrected chi connectivity index (χ1v) is 13.4. The number of rotatable bonds is 18. The van der Waals surface area contributed by atoms with Gasteiger partial charge in [0.25, 0.3) is 0 Å². The second-order valence-corrected chi connectivity index (χ2v) is 9.71. The molecule has 1 N–H and O–H groups in total. The number of aromatic hydroxyl groups is 1. The average molecular weight is 453 g/mol. The van der Waals surface area contributed by atoms with Gasteiger partial charge in [-0.1, -0.05) is 89.0 Å². The van der Waals surface area contributed by atoms with Crippen LogP contribution in [0.4, 0.5) is 0 Å². The van der Waals surface area contributed by atoms with Crippen molar-refractivity contribution >= 4 is 0 Å². The van der Waals surface area contributed by atoms with Gasteiger partial charge in [-0.05, 0) is 67.0 Å². The molecule has 3 nitrogen and oxygen atoms in total. The molecule has 1 aliphatic heterocycles. The normalized spacial score (nSPS) is 16.0. The SMILES string of the molecule is CCCCCCCC(CCCCCCCc1cccc(OCC2CO2)c1)c1ccc(O)cc1. The zero-order valence-electron chi connectivity index (χ0n) is 20.6. The number of unbranched alkanes of at least 4 members (excludes halogenated alkanes) is 8. The first kappa shape index (κ1) is 25.6. The molecule has 0 amide bonds. The maximum absolute atomic E-state index is 9.64. The van der Waals surface area contributed by atoms with Gasteiger partial charge in [0.05, 0.1) is 6.61 Å². The summed E-state index contributed by atoms with van der Waals surface area (Å²) < 4.78 is 11.0. The Hall–Kier alpha value is -2.00. The van der Waals surface area contributed by atoms with Gasteiger partial charge in [-0.25, -0.2) is 0 Å². The third-order valence-electron chi connectivity index (χ3n) is 6.78. The number of ether oxygens (including phenoxy) is 2. The molecule has 182 valence electrons. The minimum Gasteiger partial charge on any atom is -0.508 e. The second-order valence-electron chi connectivity index (χ2n) is 9.71. The number of hydrogen-bond donors (Lipinski definition) is 1. The monoisotopic (exact) mass is 452 g/mol. The zero-order chi connectivity index (χ0) is 23.1. The van der Waals surface area contributed by atoms with Crippen molar-refractivity contribution in [2.24, 2.45) is 0 Å². The van der Waals surface area contributed by atoms with E-state index >= 15 is 0 Å². The van der Waals surface area contributed by atoms with E-state index in [0.29, 0.717) is 24.4 Å². The van der Waals surface area contributed by atoms with Crippen LogP contribution in [0.5, 0.6) is 11.5 Å². The van der Waals surface area contributed by atoms with Crippen molar-refractivity contribution in [1.29, 1.82) is 0 Å². The van der Waals surface area contributed by atoms with E-state index in [4.69, 9.17) is 9.47 Å². The highest BCUT2D eigenvalue weighted by molar-refractivity contribution is 5.29. The summed E-state index contributed by atoms with van der Waals surface area (Å²) in [5.41, 5.74) is 2.78. The predicted octanol–water partition coefficient (Wildman–Crippen LogP) is 8.20. The number of phenolic OH excluding ortho intramolecular Hbond substituents is 1. The number of benzene rings is 2. The van der Waals surface area contributed by atoms with Crippen molar-refractivity contribution < 1.29 is 14.6 Å². The molecule has 1 saturated heterocycles. The Bertz CT molecular complexity index is 766. The van der Waals surface area contributed by atoms with Crippen LogP contribution in [0.25, 0.3) is 0 Å². The first-order chi connectivity index (χ1) is 16.2. The maximum atomic E-state index is 9.64. The smallest absolute Gasteiger partial charge is 0.119 e. The van der Waals surface area contributed by atoms with E-state index in [0.717, 1.165) is 18.8 Å². The Morgan fingerprint density at radius 2 is 1.55 bits per heavy atom. The van der Waals surface area contributed by atoms with Crippen molar-refractivity contribution in [2.45, 2.75) is 102 Å². The van der Waals surface area contributed by atoms with E-state index in [9.17, 15) is 5.11 Å². The molecule has 0 aliphatic carbocycles. The Balaban J connectivity index is 1.30. The first-order valence-electron chi connectivity index (χ1n) is 13.4. The van der Waals surface area contributed by atoms with Crippen molar-refractivity contribution in [3.05, 3.63) is 59.7 Å². The standard InChI is InChI=1S/C30H44O3/c1-2-3-4-6-10-15-26(27-18-20-28(31)21-19-27)16-11-8-5-7-9-13-25-14-12-17-29(22-25)32-23-30-24-33-30/h12,14,17-22,26,30-31H,2-11,13,15-16,23-24H2,1H3. The van der Waals surface area contributed by atoms with E-state index in [1.807, 2.05) is 18.2 Å². The van der Waals surface area contributed by atoms with Crippen LogP contribution < -0.4 is 4.74 Å². The van der Waals surface area contributed by atoms with Gasteiger partial charge >= 0.3 is 0 Å². The summed E-state index contributed by atoms with van der Waals surface area (Å²) in [7, 11) is 0. The molecule has 0 spiro atoms. The molecular formula is C30H44O3. The Kier molecular flexibility index (Phi) is 11.7. The van der Waals surface area contributed by atoms with E-state index in [1.54, 1.807) is 0 Å². The Morgan fingerprint density at radius 1 is 0.879 bits per heavy atom. The number of epoxide rings is 1. The minimum atomic E-state index is 0.309. The predicted molar refractivity (Wildman–Crippen MR) is 137 cm³/mol. The molecule has 33 heavy (non-hydrogen) atoms. The van der Waals surface area contributed by atoms with Crippen LogP contribution in [-0.4, -0.2) is 24.4 Å². The molecule has 2 unspecified atom stereocenters. The summed E-state index contributed by atoms with van der Waals surface area (Å²) in [6, 6.07) is 16.5. The topological polar surface area (TPSA) is 42.0 Å². The lowest BCUT2D eigenvalue weighted by Crippen LogP contribution is -2.04. The fourth-order valence-corrected chi connectivity index (χ4v) is 4.61. The third-order valence-corrected chi connectivity index (χ3v) is 6.78. The van der Waals surface area contributed by atoms with E-state index < -0.39 is 0 Å². The van der Waals surface area contributed by atoms with Gasteiger partial charge < -0.3 is 14.6 Å². The number of aryl methyl sites for hydroxylation is 1. The minimum absolute atomic E-state index is 0.309. The fourth-order valence-electron chi connectivity index (χ4n) is 4.61. The average Bonchev–Trinajstić information content (AvgIpc) is 3.66. The van der Waals surface area contributed by atoms with Gasteiger partial charge in [0, 0.05) is 0 Å². The van der Waals surface area contributed by atoms with Crippen LogP contribution >= 0.6 is 0 Å². The highest BCUT2D eigenvalue weighted by Gasteiger charge is 2.23. The summed E-state index contributed by atoms with van der Waals surface area (Å²) in [6.07, 6.45) is 17.1. The van der Waals surface area contributed by atoms with Crippen LogP contribution in [0.3, 0.4) is 0 Å². The molecule has 2 aromatic rings. The van der Waals surface area contributed by atoms with Crippen LogP contribution in [-0.2, 0) is 11.2 Å². The quantitative estimate of drug-likeness (QED) is 0.183.